The second kappa shape index (κ2) is 10.3. The zero-order valence-corrected chi connectivity index (χ0v) is 24.9. The molecular weight excluding hydrogens is 570 g/mol. The van der Waals surface area contributed by atoms with Crippen molar-refractivity contribution in [3.8, 4) is 33.9 Å². The van der Waals surface area contributed by atoms with E-state index in [0.29, 0.717) is 17.4 Å². The van der Waals surface area contributed by atoms with Crippen LogP contribution in [0.25, 0.3) is 66.6 Å². The van der Waals surface area contributed by atoms with Crippen molar-refractivity contribution in [3.63, 3.8) is 0 Å². The van der Waals surface area contributed by atoms with Crippen LogP contribution in [-0.4, -0.2) is 54.2 Å². The molecule has 47 heavy (non-hydrogen) atoms. The minimum Gasteiger partial charge on any atom is -0.456 e. The number of hydrogen-bond acceptors (Lipinski definition) is 5. The number of hydrogen-bond donors (Lipinski definition) is 0. The van der Waals surface area contributed by atoms with Crippen LogP contribution in [-0.2, 0) is 0 Å². The van der Waals surface area contributed by atoms with Gasteiger partial charge in [0.2, 0.25) is 5.95 Å². The van der Waals surface area contributed by atoms with Crippen LogP contribution in [0.15, 0.2) is 108 Å². The maximum absolute atomic E-state index is 6.58. The Labute approximate surface area is 277 Å². The maximum atomic E-state index is 6.58. The summed E-state index contributed by atoms with van der Waals surface area (Å²) < 4.78 is 6.21. The predicted octanol–water partition coefficient (Wildman–Crippen LogP) is 3.68. The lowest BCUT2D eigenvalue weighted by Gasteiger charge is -2.32. The molecule has 8 aromatic rings. The molecule has 6 aromatic carbocycles. The van der Waals surface area contributed by atoms with Crippen molar-refractivity contribution in [2.45, 2.75) is 0 Å². The lowest BCUT2D eigenvalue weighted by atomic mass is 9.60. The number of fused-ring (bicyclic) bond motifs is 5. The van der Waals surface area contributed by atoms with Crippen LogP contribution in [0.1, 0.15) is 0 Å². The Hall–Kier alpha value is -5.49. The van der Waals surface area contributed by atoms with Gasteiger partial charge in [-0.15, -0.1) is 16.4 Å². The Morgan fingerprint density at radius 2 is 1.06 bits per heavy atom. The molecule has 0 aliphatic carbocycles. The van der Waals surface area contributed by atoms with Crippen molar-refractivity contribution in [3.05, 3.63) is 103 Å². The molecule has 1 aliphatic heterocycles. The predicted molar refractivity (Wildman–Crippen MR) is 196 cm³/mol. The summed E-state index contributed by atoms with van der Waals surface area (Å²) in [4.78, 5) is 17.2. The molecule has 10 heteroatoms. The molecule has 0 spiro atoms. The van der Waals surface area contributed by atoms with Gasteiger partial charge >= 0.3 is 0 Å². The van der Waals surface area contributed by atoms with E-state index in [0.717, 1.165) is 55.2 Å². The highest BCUT2D eigenvalue weighted by molar-refractivity contribution is 6.68. The molecule has 1 aliphatic rings. The van der Waals surface area contributed by atoms with Gasteiger partial charge in [0.15, 0.2) is 11.6 Å². The van der Waals surface area contributed by atoms with Crippen LogP contribution in [0, 0.1) is 0 Å². The highest BCUT2D eigenvalue weighted by atomic mass is 16.3. The van der Waals surface area contributed by atoms with Crippen molar-refractivity contribution < 1.29 is 4.42 Å². The Kier molecular flexibility index (Phi) is 6.07. The quantitative estimate of drug-likeness (QED) is 0.296. The van der Waals surface area contributed by atoms with E-state index in [2.05, 4.69) is 42.5 Å². The zero-order chi connectivity index (χ0) is 32.0. The van der Waals surface area contributed by atoms with E-state index in [1.165, 1.54) is 0 Å². The van der Waals surface area contributed by atoms with Crippen molar-refractivity contribution in [1.82, 2.24) is 15.0 Å². The zero-order valence-electron chi connectivity index (χ0n) is 24.9. The monoisotopic (exact) mass is 588 g/mol. The van der Waals surface area contributed by atoms with Crippen LogP contribution in [0.2, 0.25) is 0 Å². The van der Waals surface area contributed by atoms with Gasteiger partial charge in [0.1, 0.15) is 50.4 Å². The molecule has 10 radical (unpaired) electrons. The molecule has 0 saturated carbocycles. The molecule has 2 aromatic heterocycles. The molecule has 9 rings (SSSR count). The number of rotatable bonds is 3. The van der Waals surface area contributed by atoms with Crippen molar-refractivity contribution in [1.29, 1.82) is 0 Å². The van der Waals surface area contributed by atoms with E-state index in [1.807, 2.05) is 65.6 Å². The summed E-state index contributed by atoms with van der Waals surface area (Å²) in [5, 5.41) is 3.98. The number of furan rings is 1. The molecule has 0 bridgehead atoms. The van der Waals surface area contributed by atoms with E-state index < -0.39 is 0 Å². The average molecular weight is 588 g/mol. The van der Waals surface area contributed by atoms with Gasteiger partial charge in [0, 0.05) is 32.8 Å². The Bertz CT molecular complexity index is 2580. The minimum absolute atomic E-state index is 0.111. The molecule has 206 valence electrons. The third-order valence-corrected chi connectivity index (χ3v) is 8.95. The van der Waals surface area contributed by atoms with Crippen molar-refractivity contribution >= 4 is 117 Å². The number of benzene rings is 6. The van der Waals surface area contributed by atoms with Gasteiger partial charge in [0.05, 0.1) is 11.4 Å². The second-order valence-electron chi connectivity index (χ2n) is 11.5. The summed E-state index contributed by atoms with van der Waals surface area (Å²) >= 11 is 0. The first kappa shape index (κ1) is 27.8. The minimum atomic E-state index is 0.111. The van der Waals surface area contributed by atoms with Gasteiger partial charge in [-0.3, -0.25) is 4.90 Å². The van der Waals surface area contributed by atoms with Gasteiger partial charge in [0.25, 0.3) is 0 Å². The number of anilines is 3. The normalized spacial score (nSPS) is 12.2. The molecular formula is C37H17B5N4O. The molecule has 0 unspecified atom stereocenters. The maximum Gasteiger partial charge on any atom is 0.238 e. The van der Waals surface area contributed by atoms with Crippen molar-refractivity contribution in [2.24, 2.45) is 0 Å². The average Bonchev–Trinajstić information content (AvgIpc) is 3.49. The third kappa shape index (κ3) is 4.00. The van der Waals surface area contributed by atoms with E-state index >= 15 is 0 Å². The Balaban J connectivity index is 1.40. The van der Waals surface area contributed by atoms with Gasteiger partial charge in [-0.1, -0.05) is 89.8 Å². The standard InChI is InChI=1S/C37H17B5N4O/c38-30-29(31(39)33(41)34(42)32(30)40)36-43-35(22-13-7-17-26-28(22)21-11-2-4-16-25(21)47-26)44-37(45-36)46-23-14-3-1-10-19(23)20-12-5-8-18-9-6-15-24(46)27(18)20/h1-17H. The molecule has 0 N–H and O–H groups in total. The summed E-state index contributed by atoms with van der Waals surface area (Å²) in [7, 11) is 32.0. The molecule has 0 atom stereocenters. The Morgan fingerprint density at radius 3 is 1.89 bits per heavy atom. The SMILES string of the molecule is [B]c1c([B])c([B])c(-c2nc(-c3cccc4oc5ccccc5c34)nc(N3c4ccccc4-c4cccc5cccc3c45)n2)c([B])c1[B]. The first-order chi connectivity index (χ1) is 22.9. The van der Waals surface area contributed by atoms with Crippen LogP contribution < -0.4 is 32.2 Å². The van der Waals surface area contributed by atoms with Crippen LogP contribution in [0.3, 0.4) is 0 Å². The first-order valence-electron chi connectivity index (χ1n) is 15.0. The molecule has 3 heterocycles. The molecule has 0 fully saturated rings. The Morgan fingerprint density at radius 1 is 0.468 bits per heavy atom. The number of para-hydroxylation sites is 2. The van der Waals surface area contributed by atoms with Gasteiger partial charge in [-0.05, 0) is 35.2 Å². The second-order valence-corrected chi connectivity index (χ2v) is 11.5. The molecule has 0 saturated heterocycles. The van der Waals surface area contributed by atoms with E-state index in [4.69, 9.17) is 58.6 Å². The number of aromatic nitrogens is 3. The van der Waals surface area contributed by atoms with Crippen molar-refractivity contribution in [2.75, 3.05) is 4.90 Å². The third-order valence-electron chi connectivity index (χ3n) is 8.95. The molecule has 5 nitrogen and oxygen atoms in total. The van der Waals surface area contributed by atoms with Gasteiger partial charge in [-0.25, -0.2) is 4.98 Å². The van der Waals surface area contributed by atoms with Crippen LogP contribution in [0.4, 0.5) is 17.3 Å². The lowest BCUT2D eigenvalue weighted by molar-refractivity contribution is 0.669. The van der Waals surface area contributed by atoms with Crippen LogP contribution in [0.5, 0.6) is 0 Å². The van der Waals surface area contributed by atoms with E-state index in [9.17, 15) is 0 Å². The first-order valence-corrected chi connectivity index (χ1v) is 15.0. The van der Waals surface area contributed by atoms with Gasteiger partial charge in [-0.2, -0.15) is 9.97 Å². The summed E-state index contributed by atoms with van der Waals surface area (Å²) in [5.74, 6) is 0.946. The largest absolute Gasteiger partial charge is 0.456 e. The van der Waals surface area contributed by atoms with Crippen LogP contribution >= 0.6 is 0 Å². The summed E-state index contributed by atoms with van der Waals surface area (Å²) in [6.45, 7) is 0. The fourth-order valence-electron chi connectivity index (χ4n) is 6.72. The lowest BCUT2D eigenvalue weighted by Crippen LogP contribution is -2.55. The highest BCUT2D eigenvalue weighted by Crippen LogP contribution is 2.50. The van der Waals surface area contributed by atoms with E-state index in [-0.39, 0.29) is 38.7 Å². The fraction of sp³-hybridized carbons (Fsp3) is 0. The van der Waals surface area contributed by atoms with E-state index in [1.54, 1.807) is 0 Å². The smallest absolute Gasteiger partial charge is 0.238 e. The summed E-state index contributed by atoms with van der Waals surface area (Å²) in [6.07, 6.45) is 0. The topological polar surface area (TPSA) is 55.1 Å². The van der Waals surface area contributed by atoms with Gasteiger partial charge < -0.3 is 4.42 Å². The summed E-state index contributed by atoms with van der Waals surface area (Å²) in [6, 6.07) is 34.4. The number of nitrogens with zero attached hydrogens (tertiary/aromatic N) is 4. The highest BCUT2D eigenvalue weighted by Gasteiger charge is 2.29. The molecule has 0 amide bonds. The summed E-state index contributed by atoms with van der Waals surface area (Å²) in [5.41, 5.74) is 7.09. The fourth-order valence-corrected chi connectivity index (χ4v) is 6.72.